The van der Waals surface area contributed by atoms with Crippen LogP contribution in [0.1, 0.15) is 27.7 Å². The first-order chi connectivity index (χ1) is 17.8. The zero-order valence-corrected chi connectivity index (χ0v) is 20.1. The number of alkyl halides is 3. The van der Waals surface area contributed by atoms with E-state index in [1.807, 2.05) is 4.90 Å². The molecule has 1 fully saturated rings. The summed E-state index contributed by atoms with van der Waals surface area (Å²) in [4.78, 5) is 31.9. The summed E-state index contributed by atoms with van der Waals surface area (Å²) in [5, 5.41) is 3.68. The van der Waals surface area contributed by atoms with Gasteiger partial charge in [-0.2, -0.15) is 13.2 Å². The summed E-state index contributed by atoms with van der Waals surface area (Å²) in [6.07, 6.45) is 2.90. The predicted octanol–water partition coefficient (Wildman–Crippen LogP) is 3.69. The Balaban J connectivity index is 1.44. The summed E-state index contributed by atoms with van der Waals surface area (Å²) >= 11 is 6.44. The number of ether oxygens (including phenoxy) is 1. The standard InChI is InChI=1S/C24H21ClF3N7O2/c25-17-4-7-29-21-20(17)16(14-35(21)23-30-5-1-6-31-23)22(36)33-13-18(34-8-10-37-11-9-34)15-2-3-19(32-12-15)24(26,27)28/h1-7,12,14,18H,8-11,13H2,(H,33,36). The molecule has 0 radical (unpaired) electrons. The van der Waals surface area contributed by atoms with Crippen LogP contribution in [0.25, 0.3) is 17.0 Å². The second-order valence-electron chi connectivity index (χ2n) is 8.30. The molecule has 0 aliphatic carbocycles. The maximum Gasteiger partial charge on any atom is 0.433 e. The smallest absolute Gasteiger partial charge is 0.379 e. The number of nitrogens with zero attached hydrogens (tertiary/aromatic N) is 6. The first-order valence-electron chi connectivity index (χ1n) is 11.4. The molecule has 13 heteroatoms. The van der Waals surface area contributed by atoms with E-state index in [-0.39, 0.29) is 12.1 Å². The van der Waals surface area contributed by atoms with Crippen molar-refractivity contribution >= 4 is 28.5 Å². The van der Waals surface area contributed by atoms with Crippen molar-refractivity contribution in [1.29, 1.82) is 0 Å². The van der Waals surface area contributed by atoms with Gasteiger partial charge in [0.1, 0.15) is 11.3 Å². The molecule has 1 amide bonds. The Bertz CT molecular complexity index is 1390. The molecular weight excluding hydrogens is 511 g/mol. The molecule has 4 aromatic heterocycles. The van der Waals surface area contributed by atoms with Gasteiger partial charge in [-0.1, -0.05) is 17.7 Å². The minimum absolute atomic E-state index is 0.123. The van der Waals surface area contributed by atoms with Crippen LogP contribution in [-0.4, -0.2) is 68.2 Å². The molecule has 1 unspecified atom stereocenters. The lowest BCUT2D eigenvalue weighted by molar-refractivity contribution is -0.141. The van der Waals surface area contributed by atoms with Crippen LogP contribution in [0, 0.1) is 0 Å². The number of carbonyl (C=O) groups is 1. The van der Waals surface area contributed by atoms with E-state index in [0.29, 0.717) is 53.9 Å². The maximum atomic E-state index is 13.4. The maximum absolute atomic E-state index is 13.4. The average Bonchev–Trinajstić information content (AvgIpc) is 3.31. The third kappa shape index (κ3) is 5.26. The number of hydrogen-bond acceptors (Lipinski definition) is 7. The Hall–Kier alpha value is -3.61. The molecule has 1 saturated heterocycles. The topological polar surface area (TPSA) is 98.1 Å². The van der Waals surface area contributed by atoms with Crippen molar-refractivity contribution in [2.75, 3.05) is 32.8 Å². The van der Waals surface area contributed by atoms with E-state index in [4.69, 9.17) is 16.3 Å². The molecule has 0 saturated carbocycles. The van der Waals surface area contributed by atoms with Gasteiger partial charge in [0.05, 0.1) is 35.2 Å². The summed E-state index contributed by atoms with van der Waals surface area (Å²) in [7, 11) is 0. The Morgan fingerprint density at radius 3 is 2.51 bits per heavy atom. The fourth-order valence-electron chi connectivity index (χ4n) is 4.26. The van der Waals surface area contributed by atoms with Gasteiger partial charge in [0.15, 0.2) is 0 Å². The molecule has 0 spiro atoms. The van der Waals surface area contributed by atoms with Crippen LogP contribution in [0.4, 0.5) is 13.2 Å². The largest absolute Gasteiger partial charge is 0.433 e. The second-order valence-corrected chi connectivity index (χ2v) is 8.71. The van der Waals surface area contributed by atoms with E-state index >= 15 is 0 Å². The Morgan fingerprint density at radius 2 is 1.84 bits per heavy atom. The first kappa shape index (κ1) is 25.1. The molecule has 37 heavy (non-hydrogen) atoms. The molecule has 1 aliphatic heterocycles. The van der Waals surface area contributed by atoms with E-state index in [0.717, 1.165) is 6.07 Å². The van der Waals surface area contributed by atoms with Crippen molar-refractivity contribution in [3.63, 3.8) is 0 Å². The van der Waals surface area contributed by atoms with E-state index in [1.165, 1.54) is 18.5 Å². The first-order valence-corrected chi connectivity index (χ1v) is 11.8. The van der Waals surface area contributed by atoms with Crippen LogP contribution in [0.15, 0.2) is 55.2 Å². The normalized spacial score (nSPS) is 15.6. The summed E-state index contributed by atoms with van der Waals surface area (Å²) in [5.74, 6) is -0.101. The second kappa shape index (κ2) is 10.4. The highest BCUT2D eigenvalue weighted by Gasteiger charge is 2.33. The molecule has 1 aliphatic rings. The van der Waals surface area contributed by atoms with Crippen LogP contribution < -0.4 is 5.32 Å². The van der Waals surface area contributed by atoms with Crippen molar-refractivity contribution in [3.05, 3.63) is 77.1 Å². The Morgan fingerprint density at radius 1 is 1.08 bits per heavy atom. The summed E-state index contributed by atoms with van der Waals surface area (Å²) < 4.78 is 46.1. The zero-order chi connectivity index (χ0) is 26.0. The van der Waals surface area contributed by atoms with Gasteiger partial charge in [-0.3, -0.25) is 19.2 Å². The number of hydrogen-bond donors (Lipinski definition) is 1. The van der Waals surface area contributed by atoms with Gasteiger partial charge in [-0.05, 0) is 23.8 Å². The lowest BCUT2D eigenvalue weighted by atomic mass is 10.1. The number of pyridine rings is 2. The summed E-state index contributed by atoms with van der Waals surface area (Å²) in [5.41, 5.74) is 0.265. The lowest BCUT2D eigenvalue weighted by Gasteiger charge is -2.34. The molecule has 0 aromatic carbocycles. The van der Waals surface area contributed by atoms with Gasteiger partial charge in [0, 0.05) is 50.6 Å². The minimum Gasteiger partial charge on any atom is -0.379 e. The van der Waals surface area contributed by atoms with E-state index in [2.05, 4.69) is 25.3 Å². The molecular formula is C24H21ClF3N7O2. The van der Waals surface area contributed by atoms with Crippen LogP contribution in [0.2, 0.25) is 5.02 Å². The lowest BCUT2D eigenvalue weighted by Crippen LogP contribution is -2.43. The molecule has 4 aromatic rings. The van der Waals surface area contributed by atoms with Crippen molar-refractivity contribution in [2.24, 2.45) is 0 Å². The number of halogens is 4. The van der Waals surface area contributed by atoms with Gasteiger partial charge >= 0.3 is 6.18 Å². The fraction of sp³-hybridized carbons (Fsp3) is 0.292. The molecule has 5 rings (SSSR count). The quantitative estimate of drug-likeness (QED) is 0.405. The highest BCUT2D eigenvalue weighted by atomic mass is 35.5. The number of aromatic nitrogens is 5. The Labute approximate surface area is 214 Å². The molecule has 1 N–H and O–H groups in total. The molecule has 0 bridgehead atoms. The number of carbonyl (C=O) groups excluding carboxylic acids is 1. The van der Waals surface area contributed by atoms with Crippen LogP contribution >= 0.6 is 11.6 Å². The van der Waals surface area contributed by atoms with Gasteiger partial charge in [0.2, 0.25) is 5.95 Å². The molecule has 9 nitrogen and oxygen atoms in total. The predicted molar refractivity (Wildman–Crippen MR) is 128 cm³/mol. The number of amides is 1. The monoisotopic (exact) mass is 531 g/mol. The number of nitrogens with one attached hydrogen (secondary N) is 1. The van der Waals surface area contributed by atoms with Gasteiger partial charge in [-0.15, -0.1) is 0 Å². The van der Waals surface area contributed by atoms with Crippen molar-refractivity contribution < 1.29 is 22.7 Å². The molecule has 5 heterocycles. The van der Waals surface area contributed by atoms with Crippen molar-refractivity contribution in [1.82, 2.24) is 34.7 Å². The molecule has 1 atom stereocenters. The summed E-state index contributed by atoms with van der Waals surface area (Å²) in [6.45, 7) is 2.19. The minimum atomic E-state index is -4.54. The third-order valence-corrected chi connectivity index (χ3v) is 6.37. The highest BCUT2D eigenvalue weighted by Crippen LogP contribution is 2.30. The van der Waals surface area contributed by atoms with Gasteiger partial charge in [0.25, 0.3) is 5.91 Å². The SMILES string of the molecule is O=C(NCC(c1ccc(C(F)(F)F)nc1)N1CCOCC1)c1cn(-c2ncccn2)c2nccc(Cl)c12. The van der Waals surface area contributed by atoms with Gasteiger partial charge < -0.3 is 10.1 Å². The molecule has 192 valence electrons. The van der Waals surface area contributed by atoms with E-state index in [9.17, 15) is 18.0 Å². The highest BCUT2D eigenvalue weighted by molar-refractivity contribution is 6.36. The van der Waals surface area contributed by atoms with Crippen molar-refractivity contribution in [3.8, 4) is 5.95 Å². The van der Waals surface area contributed by atoms with E-state index < -0.39 is 23.8 Å². The van der Waals surface area contributed by atoms with Crippen LogP contribution in [0.5, 0.6) is 0 Å². The van der Waals surface area contributed by atoms with Crippen molar-refractivity contribution in [2.45, 2.75) is 12.2 Å². The van der Waals surface area contributed by atoms with Gasteiger partial charge in [-0.25, -0.2) is 15.0 Å². The number of morpholine rings is 1. The Kier molecular flexibility index (Phi) is 7.04. The third-order valence-electron chi connectivity index (χ3n) is 6.05. The summed E-state index contributed by atoms with van der Waals surface area (Å²) in [6, 6.07) is 5.18. The van der Waals surface area contributed by atoms with Crippen LogP contribution in [-0.2, 0) is 10.9 Å². The number of rotatable bonds is 6. The average molecular weight is 532 g/mol. The zero-order valence-electron chi connectivity index (χ0n) is 19.3. The van der Waals surface area contributed by atoms with Crippen LogP contribution in [0.3, 0.4) is 0 Å². The fourth-order valence-corrected chi connectivity index (χ4v) is 4.50. The van der Waals surface area contributed by atoms with E-state index in [1.54, 1.807) is 35.3 Å². The number of fused-ring (bicyclic) bond motifs is 1.